The van der Waals surface area contributed by atoms with Crippen LogP contribution in [0.1, 0.15) is 96.8 Å². The molecule has 3 nitrogen and oxygen atoms in total. The number of carbonyl (C=O) groups is 1. The molecule has 0 amide bonds. The first-order valence-corrected chi connectivity index (χ1v) is 11.7. The molecule has 0 aromatic carbocycles. The Hall–Kier alpha value is -2.05. The van der Waals surface area contributed by atoms with Gasteiger partial charge in [-0.2, -0.15) is 0 Å². The van der Waals surface area contributed by atoms with Crippen molar-refractivity contribution >= 4 is 5.97 Å². The molecule has 3 heteroatoms. The number of carboxylic acid groups (broad SMARTS) is 1. The molecule has 0 spiro atoms. The van der Waals surface area contributed by atoms with Gasteiger partial charge in [0, 0.05) is 6.42 Å². The molecular weight excluding hydrogens is 372 g/mol. The molecule has 0 aromatic rings. The summed E-state index contributed by atoms with van der Waals surface area (Å²) in [7, 11) is 0. The van der Waals surface area contributed by atoms with Crippen LogP contribution in [0.3, 0.4) is 0 Å². The maximum absolute atomic E-state index is 10.5. The zero-order valence-electron chi connectivity index (χ0n) is 18.9. The third-order valence-corrected chi connectivity index (χ3v) is 4.66. The summed E-state index contributed by atoms with van der Waals surface area (Å²) < 4.78 is 0. The van der Waals surface area contributed by atoms with E-state index in [1.165, 1.54) is 38.5 Å². The Kier molecular flexibility index (Phi) is 21.6. The fourth-order valence-electron chi connectivity index (χ4n) is 2.91. The lowest BCUT2D eigenvalue weighted by Crippen LogP contribution is -2.12. The normalized spacial score (nSPS) is 12.9. The van der Waals surface area contributed by atoms with Crippen LogP contribution < -0.4 is 0 Å². The second kappa shape index (κ2) is 23.2. The van der Waals surface area contributed by atoms with Crippen LogP contribution in [0.5, 0.6) is 0 Å². The highest BCUT2D eigenvalue weighted by molar-refractivity contribution is 5.67. The maximum Gasteiger partial charge on any atom is 0.305 e. The van der Waals surface area contributed by atoms with Gasteiger partial charge in [0.15, 0.2) is 0 Å². The highest BCUT2D eigenvalue weighted by Gasteiger charge is 2.08. The van der Waals surface area contributed by atoms with Crippen LogP contribution in [0.2, 0.25) is 0 Å². The Morgan fingerprint density at radius 3 is 2.20 bits per heavy atom. The number of aliphatic hydroxyl groups excluding tert-OH is 1. The number of hydrogen-bond donors (Lipinski definition) is 2. The molecule has 0 saturated carbocycles. The molecule has 0 fully saturated rings. The first kappa shape index (κ1) is 27.9. The van der Waals surface area contributed by atoms with Crippen molar-refractivity contribution in [3.05, 3.63) is 48.6 Å². The number of aliphatic hydroxyl groups is 1. The zero-order chi connectivity index (χ0) is 22.1. The van der Waals surface area contributed by atoms with Gasteiger partial charge in [0.25, 0.3) is 0 Å². The Bertz CT molecular complexity index is 573. The molecule has 1 atom stereocenters. The summed E-state index contributed by atoms with van der Waals surface area (Å²) in [6.07, 6.45) is 29.9. The third kappa shape index (κ3) is 24.0. The van der Waals surface area contributed by atoms with Gasteiger partial charge < -0.3 is 10.2 Å². The molecule has 168 valence electrons. The molecule has 0 saturated heterocycles. The molecule has 0 aromatic heterocycles. The number of carboxylic acids is 1. The van der Waals surface area contributed by atoms with Crippen molar-refractivity contribution in [1.29, 1.82) is 0 Å². The number of aliphatic carboxylic acids is 1. The minimum atomic E-state index is -0.924. The van der Waals surface area contributed by atoms with Gasteiger partial charge in [-0.05, 0) is 31.8 Å². The minimum Gasteiger partial charge on any atom is -0.481 e. The molecule has 0 heterocycles. The molecule has 30 heavy (non-hydrogen) atoms. The van der Waals surface area contributed by atoms with Crippen LogP contribution in [0.15, 0.2) is 48.6 Å². The molecule has 2 N–H and O–H groups in total. The van der Waals surface area contributed by atoms with E-state index in [4.69, 9.17) is 5.11 Å². The summed E-state index contributed by atoms with van der Waals surface area (Å²) in [6.45, 7) is 2.21. The van der Waals surface area contributed by atoms with Crippen LogP contribution in [0.25, 0.3) is 0 Å². The van der Waals surface area contributed by atoms with Gasteiger partial charge in [-0.25, -0.2) is 0 Å². The predicted molar refractivity (Wildman–Crippen MR) is 128 cm³/mol. The lowest BCUT2D eigenvalue weighted by molar-refractivity contribution is -0.139. The van der Waals surface area contributed by atoms with E-state index in [1.807, 2.05) is 18.2 Å². The van der Waals surface area contributed by atoms with Gasteiger partial charge in [0.2, 0.25) is 0 Å². The quantitative estimate of drug-likeness (QED) is 0.142. The zero-order valence-corrected chi connectivity index (χ0v) is 18.9. The predicted octanol–water partition coefficient (Wildman–Crippen LogP) is 7.14. The first-order chi connectivity index (χ1) is 14.7. The van der Waals surface area contributed by atoms with Crippen molar-refractivity contribution in [2.75, 3.05) is 0 Å². The standard InChI is InChI=1S/C27H42O3/c1-2-3-4-5-6-7-8-9-10-11-12-13-14-15-16-17-18-19-20-21-22-23-24-26(28)25-27(29)30/h5-8,10-13,26,28H,2-4,9,16-25H2,1H3,(H,29,30)/b6-5+,8-7+,11-10+,13-12+. The largest absolute Gasteiger partial charge is 0.481 e. The topological polar surface area (TPSA) is 57.5 Å². The average Bonchev–Trinajstić information content (AvgIpc) is 2.71. The maximum atomic E-state index is 10.5. The third-order valence-electron chi connectivity index (χ3n) is 4.66. The number of allylic oxidation sites excluding steroid dienone is 8. The summed E-state index contributed by atoms with van der Waals surface area (Å²) in [5.41, 5.74) is 0. The van der Waals surface area contributed by atoms with E-state index in [-0.39, 0.29) is 6.42 Å². The van der Waals surface area contributed by atoms with Crippen LogP contribution >= 0.6 is 0 Å². The fraction of sp³-hybridized carbons (Fsp3) is 0.593. The van der Waals surface area contributed by atoms with Crippen molar-refractivity contribution in [2.24, 2.45) is 0 Å². The van der Waals surface area contributed by atoms with Gasteiger partial charge in [-0.1, -0.05) is 113 Å². The van der Waals surface area contributed by atoms with Gasteiger partial charge in [-0.15, -0.1) is 0 Å². The minimum absolute atomic E-state index is 0.138. The van der Waals surface area contributed by atoms with Crippen molar-refractivity contribution in [1.82, 2.24) is 0 Å². The monoisotopic (exact) mass is 414 g/mol. The van der Waals surface area contributed by atoms with Gasteiger partial charge >= 0.3 is 5.97 Å². The van der Waals surface area contributed by atoms with E-state index in [2.05, 4.69) is 49.1 Å². The molecule has 0 aliphatic rings. The highest BCUT2D eigenvalue weighted by atomic mass is 16.4. The lowest BCUT2D eigenvalue weighted by atomic mass is 10.0. The molecule has 0 aliphatic carbocycles. The van der Waals surface area contributed by atoms with Gasteiger partial charge in [0.1, 0.15) is 0 Å². The highest BCUT2D eigenvalue weighted by Crippen LogP contribution is 2.11. The van der Waals surface area contributed by atoms with Gasteiger partial charge in [-0.3, -0.25) is 4.79 Å². The molecule has 0 aliphatic heterocycles. The summed E-state index contributed by atoms with van der Waals surface area (Å²) in [5, 5.41) is 18.1. The molecule has 0 rings (SSSR count). The Morgan fingerprint density at radius 2 is 1.50 bits per heavy atom. The molecule has 0 radical (unpaired) electrons. The summed E-state index contributed by atoms with van der Waals surface area (Å²) in [4.78, 5) is 10.5. The number of rotatable bonds is 18. The van der Waals surface area contributed by atoms with E-state index in [1.54, 1.807) is 0 Å². The van der Waals surface area contributed by atoms with E-state index >= 15 is 0 Å². The molecule has 0 bridgehead atoms. The number of hydrogen-bond acceptors (Lipinski definition) is 2. The molecule has 1 unspecified atom stereocenters. The van der Waals surface area contributed by atoms with Crippen LogP contribution in [0.4, 0.5) is 0 Å². The Labute approximate surface area is 184 Å². The second-order valence-electron chi connectivity index (χ2n) is 7.61. The van der Waals surface area contributed by atoms with Crippen molar-refractivity contribution in [3.63, 3.8) is 0 Å². The van der Waals surface area contributed by atoms with E-state index in [0.29, 0.717) is 6.42 Å². The van der Waals surface area contributed by atoms with Gasteiger partial charge in [0.05, 0.1) is 12.5 Å². The van der Waals surface area contributed by atoms with E-state index in [0.717, 1.165) is 38.5 Å². The lowest BCUT2D eigenvalue weighted by Gasteiger charge is -2.07. The second-order valence-corrected chi connectivity index (χ2v) is 7.61. The first-order valence-electron chi connectivity index (χ1n) is 11.7. The average molecular weight is 415 g/mol. The smallest absolute Gasteiger partial charge is 0.305 e. The fourth-order valence-corrected chi connectivity index (χ4v) is 2.91. The molecular formula is C27H42O3. The SMILES string of the molecule is CCCC/C=C/C=C/C/C=C/C=C/C#CCCCCCCCCCC(O)CC(=O)O. The van der Waals surface area contributed by atoms with E-state index in [9.17, 15) is 9.90 Å². The summed E-state index contributed by atoms with van der Waals surface area (Å²) in [5.74, 6) is 5.35. The van der Waals surface area contributed by atoms with Crippen LogP contribution in [-0.4, -0.2) is 22.3 Å². The number of unbranched alkanes of at least 4 members (excludes halogenated alkanes) is 9. The summed E-state index contributed by atoms with van der Waals surface area (Å²) in [6, 6.07) is 0. The van der Waals surface area contributed by atoms with Crippen LogP contribution in [0, 0.1) is 11.8 Å². The Morgan fingerprint density at radius 1 is 0.867 bits per heavy atom. The summed E-state index contributed by atoms with van der Waals surface area (Å²) >= 11 is 0. The van der Waals surface area contributed by atoms with Crippen LogP contribution in [-0.2, 0) is 4.79 Å². The van der Waals surface area contributed by atoms with Crippen molar-refractivity contribution < 1.29 is 15.0 Å². The Balaban J connectivity index is 3.47. The van der Waals surface area contributed by atoms with E-state index < -0.39 is 12.1 Å². The van der Waals surface area contributed by atoms with Crippen molar-refractivity contribution in [2.45, 2.75) is 103 Å². The van der Waals surface area contributed by atoms with Crippen molar-refractivity contribution in [3.8, 4) is 11.8 Å².